The molecule has 9 nitrogen and oxygen atoms in total. The first-order valence-corrected chi connectivity index (χ1v) is 12.3. The first-order valence-electron chi connectivity index (χ1n) is 12.3. The molecule has 2 aromatic heterocycles. The van der Waals surface area contributed by atoms with Gasteiger partial charge in [-0.3, -0.25) is 24.2 Å². The molecule has 1 fully saturated rings. The van der Waals surface area contributed by atoms with E-state index in [1.54, 1.807) is 18.2 Å². The van der Waals surface area contributed by atoms with Gasteiger partial charge in [0.15, 0.2) is 11.5 Å². The Kier molecular flexibility index (Phi) is 5.53. The van der Waals surface area contributed by atoms with Crippen molar-refractivity contribution in [2.45, 2.75) is 58.9 Å². The number of H-pyrrole nitrogens is 1. The van der Waals surface area contributed by atoms with Gasteiger partial charge in [-0.05, 0) is 70.6 Å². The first-order chi connectivity index (χ1) is 16.6. The molecule has 1 aromatic carbocycles. The number of aromatic amines is 1. The average molecular weight is 477 g/mol. The van der Waals surface area contributed by atoms with Crippen molar-refractivity contribution in [1.29, 1.82) is 0 Å². The Morgan fingerprint density at radius 3 is 2.60 bits per heavy atom. The van der Waals surface area contributed by atoms with Crippen LogP contribution in [0.3, 0.4) is 0 Å². The lowest BCUT2D eigenvalue weighted by Crippen LogP contribution is -2.46. The number of fused-ring (bicyclic) bond motifs is 2. The van der Waals surface area contributed by atoms with Gasteiger partial charge < -0.3 is 10.2 Å². The van der Waals surface area contributed by atoms with E-state index >= 15 is 0 Å². The monoisotopic (exact) mass is 476 g/mol. The molecule has 1 aliphatic carbocycles. The van der Waals surface area contributed by atoms with Crippen molar-refractivity contribution in [3.05, 3.63) is 46.9 Å². The zero-order valence-electron chi connectivity index (χ0n) is 20.8. The van der Waals surface area contributed by atoms with Gasteiger partial charge in [-0.2, -0.15) is 10.2 Å². The smallest absolute Gasteiger partial charge is 0.272 e. The maximum absolute atomic E-state index is 13.3. The van der Waals surface area contributed by atoms with Gasteiger partial charge in [-0.25, -0.2) is 0 Å². The van der Waals surface area contributed by atoms with Crippen LogP contribution in [0.15, 0.2) is 24.4 Å². The topological polar surface area (TPSA) is 113 Å². The molecule has 0 unspecified atom stereocenters. The van der Waals surface area contributed by atoms with Crippen LogP contribution < -0.4 is 5.32 Å². The molecule has 184 valence electrons. The van der Waals surface area contributed by atoms with Crippen LogP contribution in [0, 0.1) is 5.41 Å². The number of amides is 2. The number of carbonyl (C=O) groups is 3. The minimum Gasteiger partial charge on any atom is -0.351 e. The highest BCUT2D eigenvalue weighted by molar-refractivity contribution is 6.06. The molecule has 2 aliphatic rings. The molecule has 0 atom stereocenters. The van der Waals surface area contributed by atoms with Gasteiger partial charge in [-0.1, -0.05) is 0 Å². The quantitative estimate of drug-likeness (QED) is 0.602. The number of ketones is 1. The summed E-state index contributed by atoms with van der Waals surface area (Å²) < 4.78 is 1.90. The van der Waals surface area contributed by atoms with E-state index in [4.69, 9.17) is 0 Å². The lowest BCUT2D eigenvalue weighted by Gasteiger charge is -2.43. The fourth-order valence-electron chi connectivity index (χ4n) is 5.30. The molecule has 0 radical (unpaired) electrons. The number of aromatic nitrogens is 4. The number of benzene rings is 1. The number of rotatable bonds is 3. The Morgan fingerprint density at radius 2 is 1.91 bits per heavy atom. The number of Topliss-reactive ketones (excluding diaryl/α,β-unsaturated/α-hetero) is 1. The Bertz CT molecular complexity index is 1320. The number of carbonyl (C=O) groups excluding carboxylic acids is 3. The third-order valence-corrected chi connectivity index (χ3v) is 7.32. The molecule has 1 spiro atoms. The van der Waals surface area contributed by atoms with Gasteiger partial charge in [0, 0.05) is 48.8 Å². The summed E-state index contributed by atoms with van der Waals surface area (Å²) >= 11 is 0. The molecule has 5 rings (SSSR count). The number of nitrogens with zero attached hydrogens (tertiary/aromatic N) is 4. The number of hydrogen-bond acceptors (Lipinski definition) is 5. The molecule has 0 bridgehead atoms. The Labute approximate surface area is 204 Å². The molecule has 1 aliphatic heterocycles. The van der Waals surface area contributed by atoms with Gasteiger partial charge in [0.25, 0.3) is 11.8 Å². The third-order valence-electron chi connectivity index (χ3n) is 7.32. The third kappa shape index (κ3) is 4.13. The van der Waals surface area contributed by atoms with Gasteiger partial charge in [0.2, 0.25) is 0 Å². The highest BCUT2D eigenvalue weighted by Gasteiger charge is 2.43. The van der Waals surface area contributed by atoms with E-state index in [9.17, 15) is 14.4 Å². The Morgan fingerprint density at radius 1 is 1.17 bits per heavy atom. The van der Waals surface area contributed by atoms with Crippen LogP contribution in [0.25, 0.3) is 10.9 Å². The highest BCUT2D eigenvalue weighted by atomic mass is 16.2. The minimum absolute atomic E-state index is 0.0423. The van der Waals surface area contributed by atoms with Crippen molar-refractivity contribution >= 4 is 28.5 Å². The molecular formula is C26H32N6O3. The number of likely N-dealkylation sites (tertiary alicyclic amines) is 1. The van der Waals surface area contributed by atoms with Gasteiger partial charge in [0.05, 0.1) is 11.1 Å². The van der Waals surface area contributed by atoms with E-state index in [2.05, 4.69) is 41.4 Å². The molecule has 2 amide bonds. The lowest BCUT2D eigenvalue weighted by molar-refractivity contribution is 0.0519. The fraction of sp³-hybridized carbons (Fsp3) is 0.500. The summed E-state index contributed by atoms with van der Waals surface area (Å²) in [4.78, 5) is 40.3. The second-order valence-electron chi connectivity index (χ2n) is 10.9. The second-order valence-corrected chi connectivity index (χ2v) is 10.9. The summed E-state index contributed by atoms with van der Waals surface area (Å²) in [6, 6.07) is 5.29. The van der Waals surface area contributed by atoms with Crippen molar-refractivity contribution in [1.82, 2.24) is 30.2 Å². The maximum atomic E-state index is 13.3. The van der Waals surface area contributed by atoms with Crippen molar-refractivity contribution in [3.8, 4) is 0 Å². The van der Waals surface area contributed by atoms with Gasteiger partial charge in [-0.15, -0.1) is 0 Å². The zero-order valence-corrected chi connectivity index (χ0v) is 20.8. The summed E-state index contributed by atoms with van der Waals surface area (Å²) in [5.74, 6) is -0.168. The van der Waals surface area contributed by atoms with Crippen molar-refractivity contribution in [3.63, 3.8) is 0 Å². The van der Waals surface area contributed by atoms with Gasteiger partial charge in [0.1, 0.15) is 5.69 Å². The van der Waals surface area contributed by atoms with Gasteiger partial charge >= 0.3 is 0 Å². The van der Waals surface area contributed by atoms with E-state index in [-0.39, 0.29) is 28.6 Å². The van der Waals surface area contributed by atoms with E-state index in [0.717, 1.165) is 24.8 Å². The molecule has 9 heteroatoms. The molecule has 1 saturated heterocycles. The van der Waals surface area contributed by atoms with Crippen molar-refractivity contribution in [2.24, 2.45) is 5.41 Å². The predicted octanol–water partition coefficient (Wildman–Crippen LogP) is 3.32. The molecular weight excluding hydrogens is 444 g/mol. The number of nitrogens with one attached hydrogen (secondary N) is 2. The van der Waals surface area contributed by atoms with Crippen molar-refractivity contribution in [2.75, 3.05) is 19.6 Å². The minimum atomic E-state index is -0.239. The summed E-state index contributed by atoms with van der Waals surface area (Å²) in [5.41, 5.74) is 2.92. The second kappa shape index (κ2) is 8.32. The molecule has 3 aromatic rings. The van der Waals surface area contributed by atoms with E-state index in [1.165, 1.54) is 0 Å². The standard InChI is InChI=1S/C26H32N6O3/c1-5-27-23(34)22-18-7-6-16(12-19(18)28-29-22)24(35)31-10-8-26(9-11-31)13-17-15-32(25(2,3)4)30-21(17)20(33)14-26/h6-7,12,15H,5,8-11,13-14H2,1-4H3,(H,27,34)(H,28,29). The van der Waals surface area contributed by atoms with E-state index in [1.807, 2.05) is 22.7 Å². The maximum Gasteiger partial charge on any atom is 0.272 e. The van der Waals surface area contributed by atoms with Crippen LogP contribution in [-0.4, -0.2) is 62.1 Å². The van der Waals surface area contributed by atoms with Crippen LogP contribution in [0.5, 0.6) is 0 Å². The van der Waals surface area contributed by atoms with E-state index < -0.39 is 0 Å². The van der Waals surface area contributed by atoms with Crippen LogP contribution >= 0.6 is 0 Å². The SMILES string of the molecule is CCNC(=O)c1n[nH]c2cc(C(=O)N3CCC4(CC3)CC(=O)c3nn(C(C)(C)C)cc3C4)ccc12. The van der Waals surface area contributed by atoms with Crippen LogP contribution in [0.4, 0.5) is 0 Å². The summed E-state index contributed by atoms with van der Waals surface area (Å²) in [7, 11) is 0. The fourth-order valence-corrected chi connectivity index (χ4v) is 5.30. The molecule has 0 saturated carbocycles. The highest BCUT2D eigenvalue weighted by Crippen LogP contribution is 2.43. The Hall–Kier alpha value is -3.49. The first kappa shape index (κ1) is 23.3. The lowest BCUT2D eigenvalue weighted by atomic mass is 9.67. The zero-order chi connectivity index (χ0) is 25.0. The normalized spacial score (nSPS) is 17.6. The number of hydrogen-bond donors (Lipinski definition) is 2. The average Bonchev–Trinajstić information content (AvgIpc) is 3.43. The molecule has 3 heterocycles. The predicted molar refractivity (Wildman–Crippen MR) is 132 cm³/mol. The summed E-state index contributed by atoms with van der Waals surface area (Å²) in [5, 5.41) is 15.0. The molecule has 2 N–H and O–H groups in total. The number of piperidine rings is 1. The Balaban J connectivity index is 1.29. The molecule has 35 heavy (non-hydrogen) atoms. The summed E-state index contributed by atoms with van der Waals surface area (Å²) in [6.07, 6.45) is 4.93. The van der Waals surface area contributed by atoms with E-state index in [0.29, 0.717) is 53.9 Å². The van der Waals surface area contributed by atoms with Crippen molar-refractivity contribution < 1.29 is 14.4 Å². The largest absolute Gasteiger partial charge is 0.351 e. The van der Waals surface area contributed by atoms with Crippen LogP contribution in [0.1, 0.15) is 83.9 Å². The van der Waals surface area contributed by atoms with Crippen LogP contribution in [0.2, 0.25) is 0 Å². The van der Waals surface area contributed by atoms with Crippen LogP contribution in [-0.2, 0) is 12.0 Å². The summed E-state index contributed by atoms with van der Waals surface area (Å²) in [6.45, 7) is 9.84.